The van der Waals surface area contributed by atoms with Crippen LogP contribution in [0.4, 0.5) is 0 Å². The summed E-state index contributed by atoms with van der Waals surface area (Å²) in [5.41, 5.74) is 6.02. The zero-order valence-electron chi connectivity index (χ0n) is 14.1. The second-order valence-corrected chi connectivity index (χ2v) is 6.70. The molecule has 0 aromatic rings. The first-order valence-corrected chi connectivity index (χ1v) is 8.69. The molecule has 0 radical (unpaired) electrons. The molecule has 20 heavy (non-hydrogen) atoms. The summed E-state index contributed by atoms with van der Waals surface area (Å²) >= 11 is 0. The molecule has 0 saturated heterocycles. The predicted octanol–water partition coefficient (Wildman–Crippen LogP) is 5.67. The first-order valence-electron chi connectivity index (χ1n) is 8.69. The average Bonchev–Trinajstić information content (AvgIpc) is 2.67. The quantitative estimate of drug-likeness (QED) is 0.658. The van der Waals surface area contributed by atoms with E-state index in [1.54, 1.807) is 6.20 Å². The van der Waals surface area contributed by atoms with E-state index in [1.165, 1.54) is 38.5 Å². The molecule has 0 aliphatic heterocycles. The van der Waals surface area contributed by atoms with Crippen molar-refractivity contribution in [3.05, 3.63) is 24.4 Å². The molecule has 2 aliphatic carbocycles. The van der Waals surface area contributed by atoms with Crippen molar-refractivity contribution in [2.24, 2.45) is 28.9 Å². The Hall–Kier alpha value is -0.720. The number of fused-ring (bicyclic) bond motifs is 1. The molecule has 2 rings (SSSR count). The van der Waals surface area contributed by atoms with Gasteiger partial charge in [-0.1, -0.05) is 45.9 Å². The van der Waals surface area contributed by atoms with E-state index < -0.39 is 0 Å². The lowest BCUT2D eigenvalue weighted by molar-refractivity contribution is 0.153. The zero-order chi connectivity index (χ0) is 15.0. The molecule has 1 nitrogen and oxygen atoms in total. The van der Waals surface area contributed by atoms with E-state index in [0.29, 0.717) is 5.41 Å². The fourth-order valence-electron chi connectivity index (χ4n) is 4.31. The zero-order valence-corrected chi connectivity index (χ0v) is 14.1. The number of allylic oxidation sites excluding steroid dienone is 3. The third-order valence-electron chi connectivity index (χ3n) is 5.51. The molecule has 1 fully saturated rings. The smallest absolute Gasteiger partial charge is 0.0103 e. The highest BCUT2D eigenvalue weighted by atomic mass is 14.5. The molecule has 0 bridgehead atoms. The molecular formula is C19H35N. The van der Waals surface area contributed by atoms with Gasteiger partial charge in [0, 0.05) is 0 Å². The second kappa shape index (κ2) is 8.54. The third-order valence-corrected chi connectivity index (χ3v) is 5.51. The number of nitrogens with two attached hydrogens (primary N) is 1. The summed E-state index contributed by atoms with van der Waals surface area (Å²) in [7, 11) is 0. The second-order valence-electron chi connectivity index (χ2n) is 6.70. The fourth-order valence-corrected chi connectivity index (χ4v) is 4.31. The van der Waals surface area contributed by atoms with E-state index in [9.17, 15) is 0 Å². The van der Waals surface area contributed by atoms with Gasteiger partial charge in [0.1, 0.15) is 0 Å². The normalized spacial score (nSPS) is 34.2. The molecule has 2 N–H and O–H groups in total. The Labute approximate surface area is 126 Å². The van der Waals surface area contributed by atoms with Crippen LogP contribution in [0, 0.1) is 23.2 Å². The Morgan fingerprint density at radius 1 is 1.30 bits per heavy atom. The van der Waals surface area contributed by atoms with E-state index in [2.05, 4.69) is 32.1 Å². The van der Waals surface area contributed by atoms with Crippen LogP contribution >= 0.6 is 0 Å². The molecule has 0 spiro atoms. The molecule has 4 atom stereocenters. The number of hydrogen-bond acceptors (Lipinski definition) is 1. The van der Waals surface area contributed by atoms with Crippen molar-refractivity contribution in [2.45, 2.75) is 72.6 Å². The summed E-state index contributed by atoms with van der Waals surface area (Å²) in [6.07, 6.45) is 18.0. The Kier molecular flexibility index (Phi) is 7.40. The summed E-state index contributed by atoms with van der Waals surface area (Å²) in [5.74, 6) is 2.75. The van der Waals surface area contributed by atoms with Gasteiger partial charge in [-0.25, -0.2) is 0 Å². The molecule has 1 heteroatoms. The lowest BCUT2D eigenvalue weighted by Crippen LogP contribution is -2.27. The van der Waals surface area contributed by atoms with Crippen molar-refractivity contribution in [1.29, 1.82) is 0 Å². The molecule has 2 aliphatic rings. The Balaban J connectivity index is 0.000000956. The lowest BCUT2D eigenvalue weighted by Gasteiger charge is -2.34. The van der Waals surface area contributed by atoms with Gasteiger partial charge in [-0.2, -0.15) is 0 Å². The number of hydrogen-bond donors (Lipinski definition) is 1. The van der Waals surface area contributed by atoms with Crippen LogP contribution in [0.3, 0.4) is 0 Å². The van der Waals surface area contributed by atoms with E-state index in [-0.39, 0.29) is 0 Å². The van der Waals surface area contributed by atoms with Crippen molar-refractivity contribution in [3.63, 3.8) is 0 Å². The van der Waals surface area contributed by atoms with Crippen LogP contribution in [-0.2, 0) is 0 Å². The van der Waals surface area contributed by atoms with Crippen LogP contribution < -0.4 is 5.73 Å². The fraction of sp³-hybridized carbons (Fsp3) is 0.789. The highest BCUT2D eigenvalue weighted by Gasteiger charge is 2.45. The van der Waals surface area contributed by atoms with Gasteiger partial charge in [-0.3, -0.25) is 0 Å². The molecule has 3 unspecified atom stereocenters. The van der Waals surface area contributed by atoms with Crippen LogP contribution in [0.25, 0.3) is 0 Å². The maximum atomic E-state index is 5.43. The third kappa shape index (κ3) is 4.14. The van der Waals surface area contributed by atoms with Gasteiger partial charge < -0.3 is 5.73 Å². The SMILES string of the molecule is CC.CC(CC/C=C\N)C1CC[C@]2(C)CC=CCCC12. The van der Waals surface area contributed by atoms with Crippen LogP contribution in [0.15, 0.2) is 24.4 Å². The van der Waals surface area contributed by atoms with Crippen molar-refractivity contribution >= 4 is 0 Å². The van der Waals surface area contributed by atoms with Crippen LogP contribution in [0.2, 0.25) is 0 Å². The van der Waals surface area contributed by atoms with Gasteiger partial charge in [-0.05, 0) is 74.3 Å². The Morgan fingerprint density at radius 3 is 2.75 bits per heavy atom. The Morgan fingerprint density at radius 2 is 2.05 bits per heavy atom. The van der Waals surface area contributed by atoms with Crippen LogP contribution in [0.5, 0.6) is 0 Å². The summed E-state index contributed by atoms with van der Waals surface area (Å²) in [6, 6.07) is 0. The van der Waals surface area contributed by atoms with E-state index in [0.717, 1.165) is 24.2 Å². The Bertz CT molecular complexity index is 318. The first kappa shape index (κ1) is 17.3. The van der Waals surface area contributed by atoms with Gasteiger partial charge in [0.05, 0.1) is 0 Å². The highest BCUT2D eigenvalue weighted by molar-refractivity contribution is 5.03. The summed E-state index contributed by atoms with van der Waals surface area (Å²) in [6.45, 7) is 8.99. The van der Waals surface area contributed by atoms with E-state index >= 15 is 0 Å². The van der Waals surface area contributed by atoms with Gasteiger partial charge in [0.2, 0.25) is 0 Å². The largest absolute Gasteiger partial charge is 0.405 e. The van der Waals surface area contributed by atoms with Crippen LogP contribution in [0.1, 0.15) is 72.6 Å². The maximum Gasteiger partial charge on any atom is -0.0103 e. The van der Waals surface area contributed by atoms with Crippen LogP contribution in [-0.4, -0.2) is 0 Å². The van der Waals surface area contributed by atoms with Crippen molar-refractivity contribution < 1.29 is 0 Å². The molecular weight excluding hydrogens is 242 g/mol. The molecule has 0 aromatic heterocycles. The standard InChI is InChI=1S/C17H29N.C2H6/c1-14(8-5-7-13-18)15-10-12-17(2)11-6-3-4-9-16(15)17;1-2/h3,6-7,13-16H,4-5,8-12,18H2,1-2H3;1-2H3/b13-7-;/t14?,15?,16?,17-;/m0./s1. The minimum Gasteiger partial charge on any atom is -0.405 e. The highest BCUT2D eigenvalue weighted by Crippen LogP contribution is 2.55. The topological polar surface area (TPSA) is 26.0 Å². The van der Waals surface area contributed by atoms with Crippen molar-refractivity contribution in [3.8, 4) is 0 Å². The molecule has 116 valence electrons. The number of rotatable bonds is 4. The molecule has 0 aromatic carbocycles. The minimum absolute atomic E-state index is 0.593. The first-order chi connectivity index (χ1) is 9.67. The van der Waals surface area contributed by atoms with Crippen molar-refractivity contribution in [1.82, 2.24) is 0 Å². The maximum absolute atomic E-state index is 5.43. The summed E-state index contributed by atoms with van der Waals surface area (Å²) in [5, 5.41) is 0. The van der Waals surface area contributed by atoms with Gasteiger partial charge >= 0.3 is 0 Å². The van der Waals surface area contributed by atoms with E-state index in [4.69, 9.17) is 5.73 Å². The molecule has 0 amide bonds. The summed E-state index contributed by atoms with van der Waals surface area (Å²) in [4.78, 5) is 0. The lowest BCUT2D eigenvalue weighted by atomic mass is 9.70. The minimum atomic E-state index is 0.593. The monoisotopic (exact) mass is 277 g/mol. The molecule has 0 heterocycles. The van der Waals surface area contributed by atoms with Gasteiger partial charge in [-0.15, -0.1) is 0 Å². The van der Waals surface area contributed by atoms with E-state index in [1.807, 2.05) is 13.8 Å². The van der Waals surface area contributed by atoms with Gasteiger partial charge in [0.25, 0.3) is 0 Å². The molecule has 1 saturated carbocycles. The average molecular weight is 277 g/mol. The predicted molar refractivity (Wildman–Crippen MR) is 90.4 cm³/mol. The summed E-state index contributed by atoms with van der Waals surface area (Å²) < 4.78 is 0. The van der Waals surface area contributed by atoms with Crippen molar-refractivity contribution in [2.75, 3.05) is 0 Å². The van der Waals surface area contributed by atoms with Gasteiger partial charge in [0.15, 0.2) is 0 Å².